The Morgan fingerprint density at radius 1 is 1.04 bits per heavy atom. The van der Waals surface area contributed by atoms with Crippen molar-refractivity contribution >= 4 is 23.2 Å². The summed E-state index contributed by atoms with van der Waals surface area (Å²) in [5, 5.41) is 4.09. The van der Waals surface area contributed by atoms with E-state index in [0.29, 0.717) is 19.5 Å². The van der Waals surface area contributed by atoms with Crippen molar-refractivity contribution in [3.63, 3.8) is 0 Å². The van der Waals surface area contributed by atoms with Gasteiger partial charge >= 0.3 is 0 Å². The lowest BCUT2D eigenvalue weighted by Crippen LogP contribution is -2.33. The summed E-state index contributed by atoms with van der Waals surface area (Å²) >= 11 is 5.87. The van der Waals surface area contributed by atoms with E-state index in [1.165, 1.54) is 5.56 Å². The third kappa shape index (κ3) is 5.70. The summed E-state index contributed by atoms with van der Waals surface area (Å²) in [6, 6.07) is 17.7. The summed E-state index contributed by atoms with van der Waals surface area (Å²) in [5.74, 6) is 0.151. The molecule has 0 aromatic heterocycles. The molecule has 0 unspecified atom stereocenters. The minimum atomic E-state index is 0.151. The van der Waals surface area contributed by atoms with Crippen LogP contribution < -0.4 is 10.2 Å². The molecule has 23 heavy (non-hydrogen) atoms. The monoisotopic (exact) mass is 330 g/mol. The third-order valence-electron chi connectivity index (χ3n) is 3.70. The number of carbonyl (C=O) groups excluding carboxylic acids is 1. The average Bonchev–Trinajstić information content (AvgIpc) is 2.58. The van der Waals surface area contributed by atoms with Crippen LogP contribution >= 0.6 is 11.6 Å². The fraction of sp³-hybridized carbons (Fsp3) is 0.316. The number of amides is 1. The second-order valence-electron chi connectivity index (χ2n) is 5.35. The second-order valence-corrected chi connectivity index (χ2v) is 5.79. The van der Waals surface area contributed by atoms with Crippen LogP contribution in [0.15, 0.2) is 54.6 Å². The summed E-state index contributed by atoms with van der Waals surface area (Å²) in [6.45, 7) is 4.23. The second kappa shape index (κ2) is 9.33. The molecule has 1 N–H and O–H groups in total. The quantitative estimate of drug-likeness (QED) is 0.744. The largest absolute Gasteiger partial charge is 0.316 e. The molecule has 122 valence electrons. The standard InChI is InChI=1S/C19H23ClN2O/c1-2-22(18-6-4-3-5-7-18)19(23)13-15-21-14-12-16-8-10-17(20)11-9-16/h3-11,21H,2,12-15H2,1H3. The molecule has 1 amide bonds. The molecule has 0 atom stereocenters. The number of nitrogens with zero attached hydrogens (tertiary/aromatic N) is 1. The van der Waals surface area contributed by atoms with Gasteiger partial charge in [0.05, 0.1) is 0 Å². The fourth-order valence-electron chi connectivity index (χ4n) is 2.45. The SMILES string of the molecule is CCN(C(=O)CCNCCc1ccc(Cl)cc1)c1ccccc1. The summed E-state index contributed by atoms with van der Waals surface area (Å²) in [6.07, 6.45) is 1.44. The number of nitrogens with one attached hydrogen (secondary N) is 1. The van der Waals surface area contributed by atoms with E-state index in [-0.39, 0.29) is 5.91 Å². The van der Waals surface area contributed by atoms with Gasteiger partial charge in [-0.15, -0.1) is 0 Å². The predicted octanol–water partition coefficient (Wildman–Crippen LogP) is 3.92. The lowest BCUT2D eigenvalue weighted by atomic mass is 10.1. The molecule has 0 aliphatic carbocycles. The zero-order valence-corrected chi connectivity index (χ0v) is 14.2. The van der Waals surface area contributed by atoms with E-state index in [2.05, 4.69) is 5.32 Å². The smallest absolute Gasteiger partial charge is 0.228 e. The number of para-hydroxylation sites is 1. The molecule has 2 aromatic carbocycles. The van der Waals surface area contributed by atoms with Gasteiger partial charge in [0.25, 0.3) is 0 Å². The topological polar surface area (TPSA) is 32.3 Å². The first-order chi connectivity index (χ1) is 11.2. The molecule has 0 saturated carbocycles. The van der Waals surface area contributed by atoms with Crippen LogP contribution in [0.2, 0.25) is 5.02 Å². The molecule has 0 bridgehead atoms. The van der Waals surface area contributed by atoms with Crippen LogP contribution in [0.4, 0.5) is 5.69 Å². The van der Waals surface area contributed by atoms with Gasteiger partial charge in [0.1, 0.15) is 0 Å². The molecule has 0 aliphatic heterocycles. The van der Waals surface area contributed by atoms with Gasteiger partial charge in [0, 0.05) is 30.2 Å². The first-order valence-corrected chi connectivity index (χ1v) is 8.39. The molecule has 0 fully saturated rings. The van der Waals surface area contributed by atoms with Gasteiger partial charge in [-0.3, -0.25) is 4.79 Å². The van der Waals surface area contributed by atoms with Gasteiger partial charge in [-0.1, -0.05) is 41.9 Å². The summed E-state index contributed by atoms with van der Waals surface area (Å²) in [7, 11) is 0. The van der Waals surface area contributed by atoms with Crippen molar-refractivity contribution in [3.05, 3.63) is 65.2 Å². The minimum absolute atomic E-state index is 0.151. The van der Waals surface area contributed by atoms with Gasteiger partial charge in [0.15, 0.2) is 0 Å². The molecule has 2 aromatic rings. The normalized spacial score (nSPS) is 10.5. The van der Waals surface area contributed by atoms with E-state index in [1.54, 1.807) is 0 Å². The first kappa shape index (κ1) is 17.5. The van der Waals surface area contributed by atoms with Crippen molar-refractivity contribution in [2.75, 3.05) is 24.5 Å². The molecule has 0 spiro atoms. The van der Waals surface area contributed by atoms with Crippen LogP contribution in [0.3, 0.4) is 0 Å². The van der Waals surface area contributed by atoms with Gasteiger partial charge in [-0.05, 0) is 49.7 Å². The van der Waals surface area contributed by atoms with E-state index in [9.17, 15) is 4.79 Å². The predicted molar refractivity (Wildman–Crippen MR) is 97.1 cm³/mol. The number of halogens is 1. The molecular weight excluding hydrogens is 308 g/mol. The van der Waals surface area contributed by atoms with Gasteiger partial charge in [-0.2, -0.15) is 0 Å². The van der Waals surface area contributed by atoms with Crippen LogP contribution in [0.1, 0.15) is 18.9 Å². The Labute approximate surface area is 143 Å². The zero-order chi connectivity index (χ0) is 16.5. The number of benzene rings is 2. The van der Waals surface area contributed by atoms with Crippen LogP contribution in [-0.2, 0) is 11.2 Å². The Balaban J connectivity index is 1.70. The highest BCUT2D eigenvalue weighted by Gasteiger charge is 2.12. The van der Waals surface area contributed by atoms with Gasteiger partial charge in [0.2, 0.25) is 5.91 Å². The molecule has 0 heterocycles. The number of hydrogen-bond donors (Lipinski definition) is 1. The van der Waals surface area contributed by atoms with E-state index < -0.39 is 0 Å². The average molecular weight is 331 g/mol. The minimum Gasteiger partial charge on any atom is -0.316 e. The number of carbonyl (C=O) groups is 1. The Hall–Kier alpha value is -1.84. The molecule has 0 radical (unpaired) electrons. The van der Waals surface area contributed by atoms with Crippen LogP contribution in [-0.4, -0.2) is 25.5 Å². The van der Waals surface area contributed by atoms with Crippen LogP contribution in [0.25, 0.3) is 0 Å². The maximum absolute atomic E-state index is 12.3. The number of anilines is 1. The molecule has 0 saturated heterocycles. The van der Waals surface area contributed by atoms with Crippen molar-refractivity contribution in [2.24, 2.45) is 0 Å². The van der Waals surface area contributed by atoms with Gasteiger partial charge < -0.3 is 10.2 Å². The van der Waals surface area contributed by atoms with Crippen molar-refractivity contribution in [2.45, 2.75) is 19.8 Å². The molecule has 2 rings (SSSR count). The third-order valence-corrected chi connectivity index (χ3v) is 3.96. The Bertz CT molecular complexity index is 599. The lowest BCUT2D eigenvalue weighted by Gasteiger charge is -2.21. The van der Waals surface area contributed by atoms with Crippen LogP contribution in [0, 0.1) is 0 Å². The van der Waals surface area contributed by atoms with E-state index in [1.807, 2.05) is 66.4 Å². The van der Waals surface area contributed by atoms with Crippen molar-refractivity contribution in [3.8, 4) is 0 Å². The van der Waals surface area contributed by atoms with E-state index >= 15 is 0 Å². The van der Waals surface area contributed by atoms with Crippen molar-refractivity contribution < 1.29 is 4.79 Å². The summed E-state index contributed by atoms with van der Waals surface area (Å²) < 4.78 is 0. The van der Waals surface area contributed by atoms with Crippen molar-refractivity contribution in [1.29, 1.82) is 0 Å². The lowest BCUT2D eigenvalue weighted by molar-refractivity contribution is -0.118. The highest BCUT2D eigenvalue weighted by molar-refractivity contribution is 6.30. The number of hydrogen-bond acceptors (Lipinski definition) is 2. The Morgan fingerprint density at radius 3 is 2.39 bits per heavy atom. The highest BCUT2D eigenvalue weighted by Crippen LogP contribution is 2.14. The Morgan fingerprint density at radius 2 is 1.74 bits per heavy atom. The van der Waals surface area contributed by atoms with Crippen molar-refractivity contribution in [1.82, 2.24) is 5.32 Å². The summed E-state index contributed by atoms with van der Waals surface area (Å²) in [5.41, 5.74) is 2.20. The molecular formula is C19H23ClN2O. The fourth-order valence-corrected chi connectivity index (χ4v) is 2.58. The van der Waals surface area contributed by atoms with E-state index in [0.717, 1.165) is 23.7 Å². The maximum atomic E-state index is 12.3. The molecule has 0 aliphatic rings. The van der Waals surface area contributed by atoms with Crippen LogP contribution in [0.5, 0.6) is 0 Å². The maximum Gasteiger partial charge on any atom is 0.228 e. The number of rotatable bonds is 8. The molecule has 3 nitrogen and oxygen atoms in total. The highest BCUT2D eigenvalue weighted by atomic mass is 35.5. The molecule has 4 heteroatoms. The van der Waals surface area contributed by atoms with Gasteiger partial charge in [-0.25, -0.2) is 0 Å². The summed E-state index contributed by atoms with van der Waals surface area (Å²) in [4.78, 5) is 14.1. The zero-order valence-electron chi connectivity index (χ0n) is 13.5. The Kier molecular flexibility index (Phi) is 7.11. The first-order valence-electron chi connectivity index (χ1n) is 8.01. The van der Waals surface area contributed by atoms with E-state index in [4.69, 9.17) is 11.6 Å².